The first-order chi connectivity index (χ1) is 9.17. The summed E-state index contributed by atoms with van der Waals surface area (Å²) < 4.78 is 0. The van der Waals surface area contributed by atoms with Crippen molar-refractivity contribution in [2.45, 2.75) is 13.7 Å². The van der Waals surface area contributed by atoms with Gasteiger partial charge in [0.1, 0.15) is 13.1 Å². The van der Waals surface area contributed by atoms with Gasteiger partial charge in [-0.15, -0.1) is 5.98 Å². The number of aromatic nitrogens is 3. The number of hydrogen-bond acceptors (Lipinski definition) is 4. The largest absolute Gasteiger partial charge is 0.373 e. The minimum Gasteiger partial charge on any atom is -0.373 e. The van der Waals surface area contributed by atoms with Crippen molar-refractivity contribution in [3.63, 3.8) is 0 Å². The summed E-state index contributed by atoms with van der Waals surface area (Å²) in [5.74, 6) is 3.60. The first-order valence-electron chi connectivity index (χ1n) is 6.33. The Labute approximate surface area is 113 Å². The fraction of sp³-hybridized carbons (Fsp3) is 0.214. The summed E-state index contributed by atoms with van der Waals surface area (Å²) in [7, 11) is 2.78. The SMILES string of the molecule is C=C(C)/C(=C\BC)c1nc(NC)c2ccncc2n1. The van der Waals surface area contributed by atoms with Crippen LogP contribution in [0.1, 0.15) is 12.7 Å². The minimum absolute atomic E-state index is 0.694. The second kappa shape index (κ2) is 5.65. The topological polar surface area (TPSA) is 50.7 Å². The molecular formula is C14H17BN4. The Morgan fingerprint density at radius 3 is 2.84 bits per heavy atom. The van der Waals surface area contributed by atoms with Crippen LogP contribution in [0.4, 0.5) is 5.82 Å². The molecule has 0 unspecified atom stereocenters. The second-order valence-corrected chi connectivity index (χ2v) is 4.35. The summed E-state index contributed by atoms with van der Waals surface area (Å²) in [5.41, 5.74) is 2.79. The summed E-state index contributed by atoms with van der Waals surface area (Å²) in [4.78, 5) is 13.3. The standard InChI is InChI=1S/C14H17BN4/c1-9(2)11(7-15-3)14-18-12-8-17-6-5-10(12)13(16-4)19-14/h5-8,15H,1H2,2-4H3,(H,16,18,19)/b11-7+. The van der Waals surface area contributed by atoms with E-state index in [2.05, 4.69) is 39.6 Å². The quantitative estimate of drug-likeness (QED) is 0.670. The van der Waals surface area contributed by atoms with Crippen LogP contribution in [0.15, 0.2) is 36.6 Å². The van der Waals surface area contributed by atoms with Gasteiger partial charge < -0.3 is 5.32 Å². The molecule has 1 N–H and O–H groups in total. The molecule has 0 saturated carbocycles. The third kappa shape index (κ3) is 2.65. The van der Waals surface area contributed by atoms with E-state index in [1.165, 1.54) is 0 Å². The molecule has 0 aliphatic rings. The van der Waals surface area contributed by atoms with Gasteiger partial charge in [0.25, 0.3) is 0 Å². The van der Waals surface area contributed by atoms with Crippen molar-refractivity contribution in [2.24, 2.45) is 0 Å². The molecule has 2 rings (SSSR count). The normalized spacial score (nSPS) is 11.4. The van der Waals surface area contributed by atoms with Gasteiger partial charge in [-0.25, -0.2) is 9.97 Å². The van der Waals surface area contributed by atoms with E-state index in [-0.39, 0.29) is 0 Å². The Morgan fingerprint density at radius 2 is 2.21 bits per heavy atom. The van der Waals surface area contributed by atoms with Crippen LogP contribution in [0, 0.1) is 0 Å². The van der Waals surface area contributed by atoms with Crippen LogP contribution in [0.25, 0.3) is 16.5 Å². The molecule has 4 nitrogen and oxygen atoms in total. The summed E-state index contributed by atoms with van der Waals surface area (Å²) in [5, 5.41) is 4.08. The average molecular weight is 252 g/mol. The number of nitrogens with one attached hydrogen (secondary N) is 1. The summed E-state index contributed by atoms with van der Waals surface area (Å²) >= 11 is 0. The second-order valence-electron chi connectivity index (χ2n) is 4.35. The zero-order chi connectivity index (χ0) is 13.8. The number of anilines is 1. The Kier molecular flexibility index (Phi) is 3.95. The van der Waals surface area contributed by atoms with E-state index >= 15 is 0 Å². The number of nitrogens with zero attached hydrogens (tertiary/aromatic N) is 3. The molecule has 0 fully saturated rings. The van der Waals surface area contributed by atoms with Gasteiger partial charge in [0, 0.05) is 24.2 Å². The molecule has 19 heavy (non-hydrogen) atoms. The molecule has 0 bridgehead atoms. The number of allylic oxidation sites excluding steroid dienone is 2. The predicted octanol–water partition coefficient (Wildman–Crippen LogP) is 2.47. The van der Waals surface area contributed by atoms with E-state index in [0.29, 0.717) is 5.82 Å². The van der Waals surface area contributed by atoms with Crippen LogP contribution in [-0.2, 0) is 0 Å². The van der Waals surface area contributed by atoms with Crippen molar-refractivity contribution in [2.75, 3.05) is 12.4 Å². The molecule has 0 radical (unpaired) electrons. The molecule has 2 heterocycles. The van der Waals surface area contributed by atoms with Gasteiger partial charge in [-0.1, -0.05) is 13.4 Å². The van der Waals surface area contributed by atoms with Crippen molar-refractivity contribution in [3.05, 3.63) is 42.4 Å². The van der Waals surface area contributed by atoms with Gasteiger partial charge in [-0.05, 0) is 18.6 Å². The molecule has 0 aliphatic heterocycles. The molecular weight excluding hydrogens is 235 g/mol. The first-order valence-corrected chi connectivity index (χ1v) is 6.33. The van der Waals surface area contributed by atoms with Gasteiger partial charge in [0.2, 0.25) is 0 Å². The number of hydrogen-bond donors (Lipinski definition) is 1. The van der Waals surface area contributed by atoms with Crippen molar-refractivity contribution < 1.29 is 0 Å². The lowest BCUT2D eigenvalue weighted by Gasteiger charge is -2.10. The highest BCUT2D eigenvalue weighted by molar-refractivity contribution is 6.42. The monoisotopic (exact) mass is 252 g/mol. The lowest BCUT2D eigenvalue weighted by atomic mass is 9.79. The van der Waals surface area contributed by atoms with Crippen LogP contribution in [0.5, 0.6) is 0 Å². The molecule has 2 aromatic rings. The molecule has 0 aliphatic carbocycles. The van der Waals surface area contributed by atoms with Gasteiger partial charge in [-0.2, -0.15) is 0 Å². The van der Waals surface area contributed by atoms with E-state index < -0.39 is 0 Å². The van der Waals surface area contributed by atoms with E-state index in [4.69, 9.17) is 0 Å². The van der Waals surface area contributed by atoms with Gasteiger partial charge >= 0.3 is 0 Å². The number of pyridine rings is 1. The van der Waals surface area contributed by atoms with Crippen molar-refractivity contribution in [3.8, 4) is 0 Å². The Hall–Kier alpha value is -2.17. The van der Waals surface area contributed by atoms with Gasteiger partial charge in [0.05, 0.1) is 11.7 Å². The highest BCUT2D eigenvalue weighted by Crippen LogP contribution is 2.24. The average Bonchev–Trinajstić information content (AvgIpc) is 2.43. The van der Waals surface area contributed by atoms with Crippen LogP contribution in [0.3, 0.4) is 0 Å². The molecule has 0 atom stereocenters. The third-order valence-corrected chi connectivity index (χ3v) is 2.84. The highest BCUT2D eigenvalue weighted by atomic mass is 15.0. The molecule has 0 spiro atoms. The van der Waals surface area contributed by atoms with Crippen LogP contribution < -0.4 is 5.32 Å². The maximum absolute atomic E-state index is 4.58. The minimum atomic E-state index is 0.694. The Morgan fingerprint density at radius 1 is 1.42 bits per heavy atom. The van der Waals surface area contributed by atoms with Crippen molar-refractivity contribution in [1.82, 2.24) is 15.0 Å². The highest BCUT2D eigenvalue weighted by Gasteiger charge is 2.10. The Bertz CT molecular complexity index is 649. The fourth-order valence-electron chi connectivity index (χ4n) is 1.95. The zero-order valence-electron chi connectivity index (χ0n) is 11.6. The van der Waals surface area contributed by atoms with E-state index in [9.17, 15) is 0 Å². The number of fused-ring (bicyclic) bond motifs is 1. The van der Waals surface area contributed by atoms with Crippen LogP contribution >= 0.6 is 0 Å². The molecule has 0 aromatic carbocycles. The lowest BCUT2D eigenvalue weighted by Crippen LogP contribution is -2.02. The van der Waals surface area contributed by atoms with Gasteiger partial charge in [0.15, 0.2) is 5.82 Å². The molecule has 96 valence electrons. The summed E-state index contributed by atoms with van der Waals surface area (Å²) in [6.07, 6.45) is 3.50. The summed E-state index contributed by atoms with van der Waals surface area (Å²) in [6, 6.07) is 1.91. The molecule has 0 saturated heterocycles. The fourth-order valence-corrected chi connectivity index (χ4v) is 1.95. The molecule has 0 amide bonds. The van der Waals surface area contributed by atoms with E-state index in [0.717, 1.165) is 35.1 Å². The number of rotatable bonds is 4. The third-order valence-electron chi connectivity index (χ3n) is 2.84. The van der Waals surface area contributed by atoms with Crippen molar-refractivity contribution >= 4 is 29.6 Å². The predicted molar refractivity (Wildman–Crippen MR) is 82.7 cm³/mol. The molecule has 2 aromatic heterocycles. The molecule has 5 heteroatoms. The van der Waals surface area contributed by atoms with E-state index in [1.807, 2.05) is 20.0 Å². The zero-order valence-corrected chi connectivity index (χ0v) is 11.6. The first kappa shape index (κ1) is 13.3. The van der Waals surface area contributed by atoms with Crippen LogP contribution in [0.2, 0.25) is 6.82 Å². The van der Waals surface area contributed by atoms with Gasteiger partial charge in [-0.3, -0.25) is 4.98 Å². The maximum Gasteiger partial charge on any atom is 0.161 e. The smallest absolute Gasteiger partial charge is 0.161 e. The van der Waals surface area contributed by atoms with Crippen LogP contribution in [-0.4, -0.2) is 29.3 Å². The van der Waals surface area contributed by atoms with Crippen molar-refractivity contribution in [1.29, 1.82) is 0 Å². The van der Waals surface area contributed by atoms with E-state index in [1.54, 1.807) is 12.4 Å². The maximum atomic E-state index is 4.58. The Balaban J connectivity index is 2.68. The lowest BCUT2D eigenvalue weighted by molar-refractivity contribution is 1.14. The summed E-state index contributed by atoms with van der Waals surface area (Å²) in [6.45, 7) is 8.06.